The number of carbonyl (C=O) groups excluding carboxylic acids is 1. The van der Waals surface area contributed by atoms with Gasteiger partial charge in [0.2, 0.25) is 6.79 Å². The number of hydrogen-bond acceptors (Lipinski definition) is 7. The van der Waals surface area contributed by atoms with E-state index in [1.807, 2.05) is 36.6 Å². The summed E-state index contributed by atoms with van der Waals surface area (Å²) in [5.41, 5.74) is 2.57. The van der Waals surface area contributed by atoms with E-state index in [4.69, 9.17) is 9.47 Å². The number of amides is 1. The molecule has 2 aromatic rings. The Balaban J connectivity index is 1.25. The number of rotatable bonds is 4. The summed E-state index contributed by atoms with van der Waals surface area (Å²) in [5, 5.41) is 0.738. The lowest BCUT2D eigenvalue weighted by Crippen LogP contribution is -2.51. The Kier molecular flexibility index (Phi) is 5.57. The highest BCUT2D eigenvalue weighted by atomic mass is 32.2. The molecule has 31 heavy (non-hydrogen) atoms. The molecule has 3 heterocycles. The first kappa shape index (κ1) is 20.0. The first-order chi connectivity index (χ1) is 15.2. The third-order valence-corrected chi connectivity index (χ3v) is 6.31. The van der Waals surface area contributed by atoms with Gasteiger partial charge < -0.3 is 14.4 Å². The minimum absolute atomic E-state index is 0.0625. The maximum atomic E-state index is 13.1. The molecule has 0 aliphatic carbocycles. The van der Waals surface area contributed by atoms with Crippen molar-refractivity contribution in [3.8, 4) is 11.5 Å². The van der Waals surface area contributed by atoms with Crippen LogP contribution >= 0.6 is 11.8 Å². The number of carbonyl (C=O) groups is 1. The van der Waals surface area contributed by atoms with Gasteiger partial charge in [-0.05, 0) is 42.2 Å². The van der Waals surface area contributed by atoms with Crippen LogP contribution in [0.1, 0.15) is 5.56 Å². The number of anilines is 1. The number of ether oxygens (including phenoxy) is 2. The third kappa shape index (κ3) is 4.13. The first-order valence-electron chi connectivity index (χ1n) is 10.3. The standard InChI is InChI=1S/C23H24N4O3S/c1-31-23-24-19(13-17-7-8-20-21(14-17)30-16-29-20)22(28)27(23)15-25-9-11-26(12-10-25)18-5-3-2-4-6-18/h2-8,13-14H,9-12,15-16H2,1H3/b19-13-. The fraction of sp³-hybridized carbons (Fsp3) is 0.304. The number of nitrogens with zero attached hydrogens (tertiary/aromatic N) is 4. The van der Waals surface area contributed by atoms with Gasteiger partial charge in [0.25, 0.3) is 5.91 Å². The second-order valence-electron chi connectivity index (χ2n) is 7.56. The predicted octanol–water partition coefficient (Wildman–Crippen LogP) is 3.10. The van der Waals surface area contributed by atoms with E-state index in [0.717, 1.165) is 42.7 Å². The largest absolute Gasteiger partial charge is 0.454 e. The van der Waals surface area contributed by atoms with E-state index in [9.17, 15) is 4.79 Å². The summed E-state index contributed by atoms with van der Waals surface area (Å²) in [6.45, 7) is 4.48. The van der Waals surface area contributed by atoms with Crippen molar-refractivity contribution in [2.75, 3.05) is 50.8 Å². The SMILES string of the molecule is CSC1=N/C(=C\c2ccc3c(c2)OCO3)C(=O)N1CN1CCN(c2ccccc2)CC1. The molecule has 3 aliphatic rings. The van der Waals surface area contributed by atoms with Crippen LogP contribution in [0.5, 0.6) is 11.5 Å². The van der Waals surface area contributed by atoms with Crippen molar-refractivity contribution in [1.82, 2.24) is 9.80 Å². The van der Waals surface area contributed by atoms with Gasteiger partial charge in [-0.3, -0.25) is 14.6 Å². The van der Waals surface area contributed by atoms with Crippen molar-refractivity contribution < 1.29 is 14.3 Å². The van der Waals surface area contributed by atoms with Gasteiger partial charge in [-0.15, -0.1) is 0 Å². The van der Waals surface area contributed by atoms with Crippen molar-refractivity contribution in [3.05, 3.63) is 59.8 Å². The van der Waals surface area contributed by atoms with Gasteiger partial charge in [0.05, 0.1) is 6.67 Å². The van der Waals surface area contributed by atoms with Crippen molar-refractivity contribution in [1.29, 1.82) is 0 Å². The molecule has 0 aromatic heterocycles. The van der Waals surface area contributed by atoms with E-state index in [0.29, 0.717) is 18.1 Å². The zero-order valence-corrected chi connectivity index (χ0v) is 18.2. The molecule has 1 saturated heterocycles. The predicted molar refractivity (Wildman–Crippen MR) is 123 cm³/mol. The monoisotopic (exact) mass is 436 g/mol. The molecular weight excluding hydrogens is 412 g/mol. The normalized spacial score (nSPS) is 20.0. The number of benzene rings is 2. The van der Waals surface area contributed by atoms with Crippen LogP contribution < -0.4 is 14.4 Å². The molecule has 7 nitrogen and oxygen atoms in total. The molecule has 1 fully saturated rings. The van der Waals surface area contributed by atoms with Gasteiger partial charge in [0.15, 0.2) is 16.7 Å². The van der Waals surface area contributed by atoms with E-state index in [-0.39, 0.29) is 12.7 Å². The number of aliphatic imine (C=N–C) groups is 1. The number of hydrogen-bond donors (Lipinski definition) is 0. The van der Waals surface area contributed by atoms with Crippen LogP contribution in [-0.2, 0) is 4.79 Å². The summed E-state index contributed by atoms with van der Waals surface area (Å²) in [7, 11) is 0. The van der Waals surface area contributed by atoms with Gasteiger partial charge >= 0.3 is 0 Å². The van der Waals surface area contributed by atoms with Crippen LogP contribution in [-0.4, -0.2) is 66.8 Å². The van der Waals surface area contributed by atoms with E-state index >= 15 is 0 Å². The van der Waals surface area contributed by atoms with E-state index < -0.39 is 0 Å². The average molecular weight is 437 g/mol. The molecule has 0 N–H and O–H groups in total. The van der Waals surface area contributed by atoms with E-state index in [1.165, 1.54) is 17.4 Å². The molecule has 1 amide bonds. The number of amidine groups is 1. The molecule has 0 atom stereocenters. The van der Waals surface area contributed by atoms with Gasteiger partial charge in [0, 0.05) is 31.9 Å². The topological polar surface area (TPSA) is 57.6 Å². The van der Waals surface area contributed by atoms with Crippen molar-refractivity contribution in [2.24, 2.45) is 4.99 Å². The van der Waals surface area contributed by atoms with Gasteiger partial charge in [-0.2, -0.15) is 0 Å². The Morgan fingerprint density at radius 1 is 1.03 bits per heavy atom. The van der Waals surface area contributed by atoms with Crippen LogP contribution in [0.25, 0.3) is 6.08 Å². The first-order valence-corrected chi connectivity index (χ1v) is 11.5. The highest BCUT2D eigenvalue weighted by Crippen LogP contribution is 2.33. The second-order valence-corrected chi connectivity index (χ2v) is 8.33. The summed E-state index contributed by atoms with van der Waals surface area (Å²) in [5.74, 6) is 1.36. The molecule has 3 aliphatic heterocycles. The van der Waals surface area contributed by atoms with Gasteiger partial charge in [-0.25, -0.2) is 4.99 Å². The maximum absolute atomic E-state index is 13.1. The second kappa shape index (κ2) is 8.64. The summed E-state index contributed by atoms with van der Waals surface area (Å²) in [4.78, 5) is 24.2. The fourth-order valence-corrected chi connectivity index (χ4v) is 4.51. The van der Waals surface area contributed by atoms with Crippen LogP contribution in [0.15, 0.2) is 59.2 Å². The molecule has 2 aromatic carbocycles. The van der Waals surface area contributed by atoms with Gasteiger partial charge in [0.1, 0.15) is 5.70 Å². The summed E-state index contributed by atoms with van der Waals surface area (Å²) < 4.78 is 10.8. The molecule has 0 radical (unpaired) electrons. The van der Waals surface area contributed by atoms with Crippen molar-refractivity contribution >= 4 is 34.6 Å². The fourth-order valence-electron chi connectivity index (χ4n) is 3.96. The molecule has 0 unspecified atom stereocenters. The molecular formula is C23H24N4O3S. The van der Waals surface area contributed by atoms with Crippen LogP contribution in [0.3, 0.4) is 0 Å². The van der Waals surface area contributed by atoms with Gasteiger partial charge in [-0.1, -0.05) is 36.0 Å². The molecule has 0 spiro atoms. The van der Waals surface area contributed by atoms with Crippen LogP contribution in [0, 0.1) is 0 Å². The maximum Gasteiger partial charge on any atom is 0.279 e. The Morgan fingerprint density at radius 3 is 2.58 bits per heavy atom. The Bertz CT molecular complexity index is 1030. The van der Waals surface area contributed by atoms with Crippen molar-refractivity contribution in [2.45, 2.75) is 0 Å². The Labute approximate surface area is 185 Å². The minimum atomic E-state index is -0.0625. The lowest BCUT2D eigenvalue weighted by atomic mass is 10.1. The minimum Gasteiger partial charge on any atom is -0.454 e. The number of thioether (sulfide) groups is 1. The lowest BCUT2D eigenvalue weighted by molar-refractivity contribution is -0.124. The number of piperazine rings is 1. The number of para-hydroxylation sites is 1. The summed E-state index contributed by atoms with van der Waals surface area (Å²) in [6, 6.07) is 16.1. The molecule has 5 rings (SSSR count). The highest BCUT2D eigenvalue weighted by molar-refractivity contribution is 8.13. The van der Waals surface area contributed by atoms with Crippen LogP contribution in [0.2, 0.25) is 0 Å². The molecule has 0 bridgehead atoms. The lowest BCUT2D eigenvalue weighted by Gasteiger charge is -2.37. The zero-order valence-electron chi connectivity index (χ0n) is 17.4. The Hall–Kier alpha value is -2.97. The molecule has 160 valence electrons. The summed E-state index contributed by atoms with van der Waals surface area (Å²) in [6.07, 6.45) is 3.77. The van der Waals surface area contributed by atoms with Crippen molar-refractivity contribution in [3.63, 3.8) is 0 Å². The molecule has 0 saturated carbocycles. The summed E-state index contributed by atoms with van der Waals surface area (Å²) >= 11 is 1.50. The quantitative estimate of drug-likeness (QED) is 0.687. The van der Waals surface area contributed by atoms with E-state index in [2.05, 4.69) is 39.1 Å². The smallest absolute Gasteiger partial charge is 0.279 e. The van der Waals surface area contributed by atoms with E-state index in [1.54, 1.807) is 4.90 Å². The molecule has 8 heteroatoms. The number of fused-ring (bicyclic) bond motifs is 1. The average Bonchev–Trinajstić information content (AvgIpc) is 3.40. The van der Waals surface area contributed by atoms with Crippen LogP contribution in [0.4, 0.5) is 5.69 Å². The third-order valence-electron chi connectivity index (χ3n) is 5.63. The zero-order chi connectivity index (χ0) is 21.2. The Morgan fingerprint density at radius 2 is 1.81 bits per heavy atom. The highest BCUT2D eigenvalue weighted by Gasteiger charge is 2.32.